The lowest BCUT2D eigenvalue weighted by Gasteiger charge is -2.34. The summed E-state index contributed by atoms with van der Waals surface area (Å²) in [4.78, 5) is 0. The Labute approximate surface area is 86.1 Å². The second-order valence-corrected chi connectivity index (χ2v) is 4.49. The highest BCUT2D eigenvalue weighted by molar-refractivity contribution is 5.19. The van der Waals surface area contributed by atoms with Gasteiger partial charge in [0.2, 0.25) is 0 Å². The van der Waals surface area contributed by atoms with Crippen LogP contribution in [0.3, 0.4) is 0 Å². The van der Waals surface area contributed by atoms with Crippen LogP contribution in [-0.4, -0.2) is 25.7 Å². The second kappa shape index (κ2) is 4.32. The predicted octanol–water partition coefficient (Wildman–Crippen LogP) is 0.581. The first-order valence-corrected chi connectivity index (χ1v) is 5.69. The van der Waals surface area contributed by atoms with Crippen LogP contribution in [0, 0.1) is 5.92 Å². The molecule has 0 aliphatic carbocycles. The van der Waals surface area contributed by atoms with E-state index in [1.807, 2.05) is 0 Å². The highest BCUT2D eigenvalue weighted by atomic mass is 15.0. The summed E-state index contributed by atoms with van der Waals surface area (Å²) in [5, 5.41) is 6.88. The molecule has 0 saturated carbocycles. The lowest BCUT2D eigenvalue weighted by Crippen LogP contribution is -2.49. The van der Waals surface area contributed by atoms with Gasteiger partial charge in [-0.2, -0.15) is 0 Å². The van der Waals surface area contributed by atoms with Gasteiger partial charge < -0.3 is 16.4 Å². The minimum atomic E-state index is 0.291. The Balaban J connectivity index is 2.11. The zero-order valence-corrected chi connectivity index (χ0v) is 8.97. The predicted molar refractivity (Wildman–Crippen MR) is 58.9 cm³/mol. The number of piperidine rings is 1. The topological polar surface area (TPSA) is 50.1 Å². The monoisotopic (exact) mass is 195 g/mol. The molecule has 3 nitrogen and oxygen atoms in total. The number of rotatable bonds is 1. The Morgan fingerprint density at radius 1 is 1.36 bits per heavy atom. The van der Waals surface area contributed by atoms with Crippen LogP contribution in [0.15, 0.2) is 11.3 Å². The summed E-state index contributed by atoms with van der Waals surface area (Å²) in [6, 6.07) is 0.291. The third kappa shape index (κ3) is 1.93. The minimum Gasteiger partial charge on any atom is -0.388 e. The number of nitrogens with two attached hydrogens (primary N) is 1. The summed E-state index contributed by atoms with van der Waals surface area (Å²) >= 11 is 0. The molecule has 80 valence electrons. The number of allylic oxidation sites excluding steroid dienone is 1. The largest absolute Gasteiger partial charge is 0.388 e. The first-order valence-electron chi connectivity index (χ1n) is 5.69. The fourth-order valence-corrected chi connectivity index (χ4v) is 2.55. The minimum absolute atomic E-state index is 0.291. The maximum Gasteiger partial charge on any atom is 0.0249 e. The average molecular weight is 195 g/mol. The van der Waals surface area contributed by atoms with E-state index in [0.29, 0.717) is 12.0 Å². The van der Waals surface area contributed by atoms with Crippen LogP contribution in [0.4, 0.5) is 0 Å². The van der Waals surface area contributed by atoms with E-state index < -0.39 is 0 Å². The number of hydrogen-bond donors (Lipinski definition) is 3. The standard InChI is InChI=1S/C11H21N3/c1-8-3-2-5-14-11(8)9-4-6-13-7-10(9)12/h9-10,13-14H,2-7,12H2,1H3. The van der Waals surface area contributed by atoms with Crippen LogP contribution in [0.25, 0.3) is 0 Å². The van der Waals surface area contributed by atoms with Crippen molar-refractivity contribution >= 4 is 0 Å². The van der Waals surface area contributed by atoms with Crippen LogP contribution in [-0.2, 0) is 0 Å². The van der Waals surface area contributed by atoms with Crippen LogP contribution in [0.2, 0.25) is 0 Å². The molecular weight excluding hydrogens is 174 g/mol. The molecule has 2 rings (SSSR count). The molecule has 2 aliphatic heterocycles. The maximum atomic E-state index is 6.14. The molecule has 0 aromatic carbocycles. The van der Waals surface area contributed by atoms with Crippen molar-refractivity contribution in [1.29, 1.82) is 0 Å². The van der Waals surface area contributed by atoms with Crippen LogP contribution in [0.1, 0.15) is 26.2 Å². The Bertz CT molecular complexity index is 235. The van der Waals surface area contributed by atoms with Gasteiger partial charge in [-0.05, 0) is 32.7 Å². The van der Waals surface area contributed by atoms with Gasteiger partial charge in [-0.1, -0.05) is 5.57 Å². The van der Waals surface area contributed by atoms with Crippen molar-refractivity contribution in [1.82, 2.24) is 10.6 Å². The van der Waals surface area contributed by atoms with E-state index >= 15 is 0 Å². The Morgan fingerprint density at radius 2 is 2.21 bits per heavy atom. The Kier molecular flexibility index (Phi) is 3.08. The SMILES string of the molecule is CC1=C(C2CCNCC2N)NCCC1. The van der Waals surface area contributed by atoms with E-state index in [1.54, 1.807) is 0 Å². The quantitative estimate of drug-likeness (QED) is 0.573. The third-order valence-corrected chi connectivity index (χ3v) is 3.40. The van der Waals surface area contributed by atoms with Gasteiger partial charge in [-0.3, -0.25) is 0 Å². The van der Waals surface area contributed by atoms with Crippen molar-refractivity contribution < 1.29 is 0 Å². The molecule has 2 heterocycles. The lowest BCUT2D eigenvalue weighted by molar-refractivity contribution is 0.343. The molecule has 2 aliphatic rings. The Morgan fingerprint density at radius 3 is 2.93 bits per heavy atom. The Hall–Kier alpha value is -0.540. The molecule has 2 unspecified atom stereocenters. The molecule has 3 heteroatoms. The molecule has 0 aromatic heterocycles. The summed E-state index contributed by atoms with van der Waals surface area (Å²) in [7, 11) is 0. The molecule has 0 aromatic rings. The van der Waals surface area contributed by atoms with Crippen molar-refractivity contribution in [2.75, 3.05) is 19.6 Å². The van der Waals surface area contributed by atoms with Gasteiger partial charge in [0, 0.05) is 30.7 Å². The fraction of sp³-hybridized carbons (Fsp3) is 0.818. The lowest BCUT2D eigenvalue weighted by atomic mass is 9.86. The average Bonchev–Trinajstić information content (AvgIpc) is 2.20. The molecule has 0 spiro atoms. The molecule has 0 bridgehead atoms. The van der Waals surface area contributed by atoms with Gasteiger partial charge in [0.05, 0.1) is 0 Å². The fourth-order valence-electron chi connectivity index (χ4n) is 2.55. The van der Waals surface area contributed by atoms with E-state index in [-0.39, 0.29) is 0 Å². The summed E-state index contributed by atoms with van der Waals surface area (Å²) < 4.78 is 0. The zero-order chi connectivity index (χ0) is 9.97. The highest BCUT2D eigenvalue weighted by Gasteiger charge is 2.27. The van der Waals surface area contributed by atoms with Gasteiger partial charge in [0.15, 0.2) is 0 Å². The smallest absolute Gasteiger partial charge is 0.0249 e. The van der Waals surface area contributed by atoms with E-state index in [0.717, 1.165) is 19.6 Å². The molecule has 1 saturated heterocycles. The van der Waals surface area contributed by atoms with Crippen molar-refractivity contribution in [2.45, 2.75) is 32.2 Å². The molecule has 0 radical (unpaired) electrons. The molecule has 14 heavy (non-hydrogen) atoms. The van der Waals surface area contributed by atoms with Crippen LogP contribution < -0.4 is 16.4 Å². The third-order valence-electron chi connectivity index (χ3n) is 3.40. The summed E-state index contributed by atoms with van der Waals surface area (Å²) in [5.41, 5.74) is 9.11. The van der Waals surface area contributed by atoms with Crippen molar-refractivity contribution in [3.8, 4) is 0 Å². The molecular formula is C11H21N3. The van der Waals surface area contributed by atoms with Gasteiger partial charge in [0.1, 0.15) is 0 Å². The number of hydrogen-bond acceptors (Lipinski definition) is 3. The second-order valence-electron chi connectivity index (χ2n) is 4.49. The van der Waals surface area contributed by atoms with E-state index in [4.69, 9.17) is 5.73 Å². The summed E-state index contributed by atoms with van der Waals surface area (Å²) in [6.45, 7) is 5.44. The maximum absolute atomic E-state index is 6.14. The van der Waals surface area contributed by atoms with Gasteiger partial charge in [0.25, 0.3) is 0 Å². The molecule has 0 amide bonds. The van der Waals surface area contributed by atoms with Crippen molar-refractivity contribution in [3.63, 3.8) is 0 Å². The van der Waals surface area contributed by atoms with E-state index in [1.165, 1.54) is 30.5 Å². The van der Waals surface area contributed by atoms with Gasteiger partial charge in [-0.15, -0.1) is 0 Å². The molecule has 1 fully saturated rings. The number of nitrogens with one attached hydrogen (secondary N) is 2. The normalized spacial score (nSPS) is 34.1. The first kappa shape index (κ1) is 9.99. The molecule has 4 N–H and O–H groups in total. The van der Waals surface area contributed by atoms with Crippen molar-refractivity contribution in [3.05, 3.63) is 11.3 Å². The van der Waals surface area contributed by atoms with Crippen LogP contribution >= 0.6 is 0 Å². The molecule has 2 atom stereocenters. The summed E-state index contributed by atoms with van der Waals surface area (Å²) in [5.74, 6) is 0.566. The summed E-state index contributed by atoms with van der Waals surface area (Å²) in [6.07, 6.45) is 3.70. The first-order chi connectivity index (χ1) is 6.79. The van der Waals surface area contributed by atoms with Crippen molar-refractivity contribution in [2.24, 2.45) is 11.7 Å². The van der Waals surface area contributed by atoms with Gasteiger partial charge >= 0.3 is 0 Å². The van der Waals surface area contributed by atoms with Crippen LogP contribution in [0.5, 0.6) is 0 Å². The highest BCUT2D eigenvalue weighted by Crippen LogP contribution is 2.25. The van der Waals surface area contributed by atoms with Gasteiger partial charge in [-0.25, -0.2) is 0 Å². The van der Waals surface area contributed by atoms with E-state index in [2.05, 4.69) is 17.6 Å². The van der Waals surface area contributed by atoms with E-state index in [9.17, 15) is 0 Å². The zero-order valence-electron chi connectivity index (χ0n) is 8.97.